The van der Waals surface area contributed by atoms with E-state index in [0.29, 0.717) is 16.5 Å². The molecule has 120 valence electrons. The molecule has 1 aromatic carbocycles. The summed E-state index contributed by atoms with van der Waals surface area (Å²) < 4.78 is 28.4. The Hall–Kier alpha value is -1.62. The molecule has 1 aromatic heterocycles. The lowest BCUT2D eigenvalue weighted by molar-refractivity contribution is 0.219. The van der Waals surface area contributed by atoms with Crippen LogP contribution in [0.15, 0.2) is 27.4 Å². The summed E-state index contributed by atoms with van der Waals surface area (Å²) in [4.78, 5) is 11.7. The van der Waals surface area contributed by atoms with Gasteiger partial charge in [-0.05, 0) is 38.0 Å². The standard InChI is InChI=1S/C15H19O6P/c1-4-19-22(18,20-5-2)9-11-7-14(17)21-13-8-12(16)6-10(3)15(11)13/h6-8,16H,4-5,9H2,1-3H3. The first-order chi connectivity index (χ1) is 10.4. The van der Waals surface area contributed by atoms with Crippen molar-refractivity contribution in [3.8, 4) is 5.75 Å². The molecule has 0 atom stereocenters. The molecule has 0 fully saturated rings. The summed E-state index contributed by atoms with van der Waals surface area (Å²) in [5.41, 5.74) is 0.911. The summed E-state index contributed by atoms with van der Waals surface area (Å²) in [7, 11) is -3.34. The van der Waals surface area contributed by atoms with E-state index in [-0.39, 0.29) is 30.7 Å². The van der Waals surface area contributed by atoms with Crippen LogP contribution >= 0.6 is 7.60 Å². The maximum Gasteiger partial charge on any atom is 0.336 e. The third-order valence-corrected chi connectivity index (χ3v) is 5.15. The van der Waals surface area contributed by atoms with E-state index < -0.39 is 13.2 Å². The zero-order valence-electron chi connectivity index (χ0n) is 12.8. The number of hydrogen-bond acceptors (Lipinski definition) is 6. The molecule has 6 nitrogen and oxygen atoms in total. The third-order valence-electron chi connectivity index (χ3n) is 3.12. The maximum atomic E-state index is 12.7. The van der Waals surface area contributed by atoms with Crippen LogP contribution in [0.2, 0.25) is 0 Å². The predicted molar refractivity (Wildman–Crippen MR) is 83.4 cm³/mol. The van der Waals surface area contributed by atoms with Crippen molar-refractivity contribution in [2.24, 2.45) is 0 Å². The van der Waals surface area contributed by atoms with Gasteiger partial charge in [-0.1, -0.05) is 0 Å². The van der Waals surface area contributed by atoms with E-state index in [2.05, 4.69) is 0 Å². The maximum absolute atomic E-state index is 12.7. The van der Waals surface area contributed by atoms with Crippen LogP contribution < -0.4 is 5.63 Å². The molecule has 1 N–H and O–H groups in total. The van der Waals surface area contributed by atoms with Crippen molar-refractivity contribution < 1.29 is 23.1 Å². The van der Waals surface area contributed by atoms with E-state index in [1.165, 1.54) is 12.1 Å². The zero-order chi connectivity index (χ0) is 16.3. The monoisotopic (exact) mass is 326 g/mol. The first kappa shape index (κ1) is 16.7. The van der Waals surface area contributed by atoms with Crippen molar-refractivity contribution in [1.29, 1.82) is 0 Å². The van der Waals surface area contributed by atoms with Crippen molar-refractivity contribution in [2.45, 2.75) is 26.9 Å². The number of aromatic hydroxyl groups is 1. The normalized spacial score (nSPS) is 12.0. The van der Waals surface area contributed by atoms with Crippen LogP contribution in [0.1, 0.15) is 25.0 Å². The average molecular weight is 326 g/mol. The first-order valence-corrected chi connectivity index (χ1v) is 8.75. The van der Waals surface area contributed by atoms with Crippen molar-refractivity contribution in [3.05, 3.63) is 39.7 Å². The van der Waals surface area contributed by atoms with Crippen LogP contribution in [-0.2, 0) is 19.8 Å². The molecule has 0 saturated carbocycles. The molecule has 0 bridgehead atoms. The van der Waals surface area contributed by atoms with Gasteiger partial charge in [0.15, 0.2) is 0 Å². The van der Waals surface area contributed by atoms with E-state index in [9.17, 15) is 14.5 Å². The molecule has 0 unspecified atom stereocenters. The first-order valence-electron chi connectivity index (χ1n) is 7.03. The van der Waals surface area contributed by atoms with Gasteiger partial charge < -0.3 is 18.6 Å². The van der Waals surface area contributed by atoms with Gasteiger partial charge in [0.05, 0.1) is 19.4 Å². The molecule has 0 aliphatic carbocycles. The largest absolute Gasteiger partial charge is 0.508 e. The average Bonchev–Trinajstić information content (AvgIpc) is 2.36. The number of aryl methyl sites for hydroxylation is 1. The smallest absolute Gasteiger partial charge is 0.336 e. The summed E-state index contributed by atoms with van der Waals surface area (Å²) in [6.07, 6.45) is -0.0254. The van der Waals surface area contributed by atoms with Crippen LogP contribution in [0.3, 0.4) is 0 Å². The predicted octanol–water partition coefficient (Wildman–Crippen LogP) is 3.57. The summed E-state index contributed by atoms with van der Waals surface area (Å²) in [5.74, 6) is 0.00287. The topological polar surface area (TPSA) is 86.0 Å². The van der Waals surface area contributed by atoms with Crippen molar-refractivity contribution in [2.75, 3.05) is 13.2 Å². The minimum atomic E-state index is -3.34. The summed E-state index contributed by atoms with van der Waals surface area (Å²) in [5, 5.41) is 10.3. The Bertz CT molecular complexity index is 769. The molecule has 2 rings (SSSR count). The second-order valence-corrected chi connectivity index (χ2v) is 6.89. The highest BCUT2D eigenvalue weighted by atomic mass is 31.2. The highest BCUT2D eigenvalue weighted by molar-refractivity contribution is 7.53. The molecule has 2 aromatic rings. The molecule has 7 heteroatoms. The Morgan fingerprint density at radius 1 is 1.18 bits per heavy atom. The summed E-state index contributed by atoms with van der Waals surface area (Å²) in [6.45, 7) is 5.73. The Morgan fingerprint density at radius 3 is 2.41 bits per heavy atom. The summed E-state index contributed by atoms with van der Waals surface area (Å²) >= 11 is 0. The van der Waals surface area contributed by atoms with Gasteiger partial charge >= 0.3 is 13.2 Å². The lowest BCUT2D eigenvalue weighted by Crippen LogP contribution is -2.05. The minimum absolute atomic E-state index is 0.00287. The van der Waals surface area contributed by atoms with Crippen LogP contribution in [0.4, 0.5) is 0 Å². The molecule has 1 heterocycles. The molecule has 0 radical (unpaired) electrons. The van der Waals surface area contributed by atoms with Crippen molar-refractivity contribution in [1.82, 2.24) is 0 Å². The number of hydrogen-bond donors (Lipinski definition) is 1. The van der Waals surface area contributed by atoms with E-state index in [0.717, 1.165) is 0 Å². The van der Waals surface area contributed by atoms with Crippen LogP contribution in [-0.4, -0.2) is 18.3 Å². The Morgan fingerprint density at radius 2 is 1.82 bits per heavy atom. The molecule has 0 aliphatic heterocycles. The highest BCUT2D eigenvalue weighted by Gasteiger charge is 2.26. The lowest BCUT2D eigenvalue weighted by Gasteiger charge is -2.18. The van der Waals surface area contributed by atoms with Gasteiger partial charge in [-0.25, -0.2) is 4.79 Å². The Labute approximate surface area is 128 Å². The van der Waals surface area contributed by atoms with E-state index in [1.807, 2.05) is 0 Å². The van der Waals surface area contributed by atoms with Gasteiger partial charge in [-0.3, -0.25) is 4.57 Å². The zero-order valence-corrected chi connectivity index (χ0v) is 13.7. The molecular weight excluding hydrogens is 307 g/mol. The molecule has 0 aliphatic rings. The summed E-state index contributed by atoms with van der Waals surface area (Å²) in [6, 6.07) is 4.20. The third kappa shape index (κ3) is 3.58. The van der Waals surface area contributed by atoms with Crippen molar-refractivity contribution in [3.63, 3.8) is 0 Å². The number of phenols is 1. The van der Waals surface area contributed by atoms with Crippen LogP contribution in [0.5, 0.6) is 5.75 Å². The highest BCUT2D eigenvalue weighted by Crippen LogP contribution is 2.52. The number of rotatable bonds is 6. The number of phenolic OH excluding ortho intramolecular Hbond substituents is 1. The molecule has 0 spiro atoms. The van der Waals surface area contributed by atoms with E-state index >= 15 is 0 Å². The van der Waals surface area contributed by atoms with Gasteiger partial charge in [0, 0.05) is 17.5 Å². The van der Waals surface area contributed by atoms with Gasteiger partial charge in [-0.15, -0.1) is 0 Å². The lowest BCUT2D eigenvalue weighted by atomic mass is 10.1. The molecule has 0 saturated heterocycles. The van der Waals surface area contributed by atoms with E-state index in [1.54, 1.807) is 26.8 Å². The fourth-order valence-electron chi connectivity index (χ4n) is 2.44. The van der Waals surface area contributed by atoms with Gasteiger partial charge in [0.1, 0.15) is 11.3 Å². The Kier molecular flexibility index (Phi) is 5.06. The van der Waals surface area contributed by atoms with Gasteiger partial charge in [-0.2, -0.15) is 0 Å². The van der Waals surface area contributed by atoms with E-state index in [4.69, 9.17) is 13.5 Å². The molecule has 22 heavy (non-hydrogen) atoms. The number of benzene rings is 1. The molecule has 0 amide bonds. The van der Waals surface area contributed by atoms with Crippen LogP contribution in [0, 0.1) is 6.92 Å². The quantitative estimate of drug-likeness (QED) is 0.645. The Balaban J connectivity index is 2.59. The SMILES string of the molecule is CCOP(=O)(Cc1cc(=O)oc2cc(O)cc(C)c12)OCC. The fraction of sp³-hybridized carbons (Fsp3) is 0.400. The van der Waals surface area contributed by atoms with Gasteiger partial charge in [0.2, 0.25) is 0 Å². The number of fused-ring (bicyclic) bond motifs is 1. The van der Waals surface area contributed by atoms with Crippen LogP contribution in [0.25, 0.3) is 11.0 Å². The van der Waals surface area contributed by atoms with Crippen molar-refractivity contribution >= 4 is 18.6 Å². The molecular formula is C15H19O6P. The minimum Gasteiger partial charge on any atom is -0.508 e. The fourth-order valence-corrected chi connectivity index (χ4v) is 4.15. The second kappa shape index (κ2) is 6.65. The van der Waals surface area contributed by atoms with Gasteiger partial charge in [0.25, 0.3) is 0 Å². The second-order valence-electron chi connectivity index (χ2n) is 4.83.